The molecule has 0 N–H and O–H groups in total. The minimum Gasteiger partial charge on any atom is -0.428 e. The van der Waals surface area contributed by atoms with Crippen molar-refractivity contribution in [2.75, 3.05) is 6.54 Å². The molecule has 1 unspecified atom stereocenters. The number of halogens is 3. The normalized spacial score (nSPS) is 25.0. The fourth-order valence-corrected chi connectivity index (χ4v) is 4.27. The van der Waals surface area contributed by atoms with Gasteiger partial charge in [-0.1, -0.05) is 0 Å². The predicted molar refractivity (Wildman–Crippen MR) is 107 cm³/mol. The summed E-state index contributed by atoms with van der Waals surface area (Å²) in [5, 5.41) is 0.986. The maximum Gasteiger partial charge on any atom is 0.534 e. The van der Waals surface area contributed by atoms with E-state index in [2.05, 4.69) is 4.18 Å². The van der Waals surface area contributed by atoms with Gasteiger partial charge in [0.15, 0.2) is 5.76 Å². The maximum absolute atomic E-state index is 13.0. The summed E-state index contributed by atoms with van der Waals surface area (Å²) in [6.07, 6.45) is -2.62. The number of hydroxylamine groups is 2. The van der Waals surface area contributed by atoms with Crippen LogP contribution in [0.15, 0.2) is 11.6 Å². The Hall–Kier alpha value is -2.75. The molecule has 35 heavy (non-hydrogen) atoms. The molecule has 0 saturated carbocycles. The Morgan fingerprint density at radius 1 is 0.971 bits per heavy atom. The predicted octanol–water partition coefficient (Wildman–Crippen LogP) is 2.76. The fourth-order valence-electron chi connectivity index (χ4n) is 3.74. The first-order chi connectivity index (χ1) is 15.7. The van der Waals surface area contributed by atoms with Crippen LogP contribution in [0.25, 0.3) is 0 Å². The summed E-state index contributed by atoms with van der Waals surface area (Å²) in [5.41, 5.74) is -7.75. The van der Waals surface area contributed by atoms with Crippen molar-refractivity contribution in [1.29, 1.82) is 0 Å². The molecule has 3 heterocycles. The molecule has 3 atom stereocenters. The first-order valence-corrected chi connectivity index (χ1v) is 11.8. The summed E-state index contributed by atoms with van der Waals surface area (Å²) in [6.45, 7) is 9.04. The summed E-state index contributed by atoms with van der Waals surface area (Å²) < 4.78 is 81.9. The molecule has 2 fully saturated rings. The third-order valence-corrected chi connectivity index (χ3v) is 5.86. The lowest BCUT2D eigenvalue weighted by Crippen LogP contribution is -2.72. The van der Waals surface area contributed by atoms with Gasteiger partial charge in [-0.05, 0) is 48.0 Å². The zero-order valence-corrected chi connectivity index (χ0v) is 20.5. The van der Waals surface area contributed by atoms with E-state index < -0.39 is 74.7 Å². The first kappa shape index (κ1) is 26.8. The van der Waals surface area contributed by atoms with E-state index in [1.54, 1.807) is 20.8 Å². The average molecular weight is 530 g/mol. The number of alkyl halides is 3. The summed E-state index contributed by atoms with van der Waals surface area (Å²) in [4.78, 5) is 43.0. The van der Waals surface area contributed by atoms with Crippen LogP contribution in [-0.4, -0.2) is 71.9 Å². The second-order valence-electron chi connectivity index (χ2n) is 9.95. The maximum atomic E-state index is 13.0. The topological polar surface area (TPSA) is 138 Å². The van der Waals surface area contributed by atoms with Gasteiger partial charge in [0.25, 0.3) is 11.8 Å². The number of nitrogens with zero attached hydrogens (tertiary/aromatic N) is 2. The van der Waals surface area contributed by atoms with E-state index in [1.807, 2.05) is 0 Å². The Bertz CT molecular complexity index is 1060. The quantitative estimate of drug-likeness (QED) is 0.229. The third-order valence-electron chi connectivity index (χ3n) is 4.90. The summed E-state index contributed by atoms with van der Waals surface area (Å²) >= 11 is 0. The second-order valence-corrected chi connectivity index (χ2v) is 11.5. The van der Waals surface area contributed by atoms with Crippen LogP contribution in [0.2, 0.25) is 0 Å². The molecule has 0 aromatic carbocycles. The van der Waals surface area contributed by atoms with E-state index in [1.165, 1.54) is 20.8 Å². The number of hydrogen-bond acceptors (Lipinski definition) is 11. The Morgan fingerprint density at radius 3 is 2.03 bits per heavy atom. The molecule has 12 nitrogen and oxygen atoms in total. The van der Waals surface area contributed by atoms with Gasteiger partial charge in [0.05, 0.1) is 6.04 Å². The Labute approximate surface area is 198 Å². The molecule has 0 aromatic rings. The zero-order chi connectivity index (χ0) is 26.7. The lowest BCUT2D eigenvalue weighted by molar-refractivity contribution is -0.223. The van der Waals surface area contributed by atoms with Crippen LogP contribution in [0.4, 0.5) is 22.8 Å². The molecule has 198 valence electrons. The number of rotatable bonds is 4. The van der Waals surface area contributed by atoms with E-state index in [0.717, 1.165) is 9.96 Å². The molecule has 2 saturated heterocycles. The van der Waals surface area contributed by atoms with E-state index in [9.17, 15) is 36.0 Å². The number of ether oxygens (including phenoxy) is 3. The smallest absolute Gasteiger partial charge is 0.428 e. The Kier molecular flexibility index (Phi) is 6.46. The summed E-state index contributed by atoms with van der Waals surface area (Å²) in [6, 6.07) is -2.23. The minimum atomic E-state index is -6.16. The van der Waals surface area contributed by atoms with Crippen LogP contribution in [0.5, 0.6) is 0 Å². The Balaban J connectivity index is 1.90. The molecule has 3 rings (SSSR count). The highest BCUT2D eigenvalue weighted by Gasteiger charge is 2.67. The third kappa shape index (κ3) is 5.42. The van der Waals surface area contributed by atoms with Gasteiger partial charge in [-0.2, -0.15) is 21.6 Å². The molecular weight excluding hydrogens is 505 g/mol. The van der Waals surface area contributed by atoms with Crippen molar-refractivity contribution in [3.8, 4) is 0 Å². The molecule has 0 aromatic heterocycles. The fraction of sp³-hybridized carbons (Fsp3) is 0.737. The van der Waals surface area contributed by atoms with Crippen LogP contribution >= 0.6 is 0 Å². The molecule has 16 heteroatoms. The van der Waals surface area contributed by atoms with Gasteiger partial charge in [0.1, 0.15) is 17.2 Å². The van der Waals surface area contributed by atoms with Crippen LogP contribution in [0.3, 0.4) is 0 Å². The highest BCUT2D eigenvalue weighted by molar-refractivity contribution is 7.87. The van der Waals surface area contributed by atoms with Crippen LogP contribution < -0.4 is 0 Å². The number of hydrogen-bond donors (Lipinski definition) is 0. The van der Waals surface area contributed by atoms with Gasteiger partial charge < -0.3 is 23.2 Å². The molecule has 0 spiro atoms. The van der Waals surface area contributed by atoms with Crippen molar-refractivity contribution in [3.05, 3.63) is 11.6 Å². The van der Waals surface area contributed by atoms with E-state index in [0.29, 0.717) is 0 Å². The molecule has 0 bridgehead atoms. The van der Waals surface area contributed by atoms with Gasteiger partial charge >= 0.3 is 27.9 Å². The van der Waals surface area contributed by atoms with E-state index in [4.69, 9.17) is 19.0 Å². The number of carbonyl (C=O) groups excluding carboxylic acids is 3. The minimum absolute atomic E-state index is 0.113. The van der Waals surface area contributed by atoms with Crippen LogP contribution in [-0.2, 0) is 38.1 Å². The van der Waals surface area contributed by atoms with Gasteiger partial charge in [-0.3, -0.25) is 9.69 Å². The van der Waals surface area contributed by atoms with Crippen molar-refractivity contribution < 1.29 is 59.2 Å². The number of piperidine rings is 1. The lowest BCUT2D eigenvalue weighted by atomic mass is 9.81. The van der Waals surface area contributed by atoms with E-state index >= 15 is 0 Å². The van der Waals surface area contributed by atoms with Crippen LogP contribution in [0, 0.1) is 5.92 Å². The second kappa shape index (κ2) is 8.43. The van der Waals surface area contributed by atoms with Gasteiger partial charge in [-0.15, -0.1) is 5.06 Å². The molecule has 1 amide bonds. The number of β-lactam (4-membered cyclic amide) rings is 1. The molecular formula is C19H25F3N2O10S. The van der Waals surface area contributed by atoms with Crippen molar-refractivity contribution in [1.82, 2.24) is 9.96 Å². The monoisotopic (exact) mass is 530 g/mol. The van der Waals surface area contributed by atoms with Crippen molar-refractivity contribution in [2.24, 2.45) is 5.92 Å². The molecule has 3 aliphatic rings. The first-order valence-electron chi connectivity index (χ1n) is 10.4. The van der Waals surface area contributed by atoms with Gasteiger partial charge in [-0.25, -0.2) is 9.59 Å². The van der Waals surface area contributed by atoms with Gasteiger partial charge in [0.2, 0.25) is 0 Å². The highest BCUT2D eigenvalue weighted by atomic mass is 32.2. The summed E-state index contributed by atoms with van der Waals surface area (Å²) in [7, 11) is -6.16. The molecule has 0 aliphatic carbocycles. The lowest BCUT2D eigenvalue weighted by Gasteiger charge is -2.51. The van der Waals surface area contributed by atoms with Gasteiger partial charge in [0, 0.05) is 12.5 Å². The van der Waals surface area contributed by atoms with Crippen molar-refractivity contribution in [2.45, 2.75) is 76.8 Å². The van der Waals surface area contributed by atoms with E-state index in [-0.39, 0.29) is 13.0 Å². The number of carbonyl (C=O) groups is 3. The molecule has 3 aliphatic heterocycles. The SMILES string of the molecule is CC(C)(C)OC(=O)OC1=C(OS(=O)(=O)C(F)(F)F)C2CCN(OC(=O)OC(C)(C)C)[C@@H]3C(=O)N1[C@H]23. The number of amides is 1. The standard InChI is InChI=1S/C19H25F3N2O10S/c1-17(2,3)31-15(26)30-14-12(34-35(28,29)19(20,21)22)9-7-8-23(11-10(9)24(14)13(11)25)33-16(27)32-18(4,5)6/h9-11H,7-8H2,1-6H3/t9?,10-,11+/m1/s1. The van der Waals surface area contributed by atoms with Crippen LogP contribution in [0.1, 0.15) is 48.0 Å². The average Bonchev–Trinajstić information content (AvgIpc) is 2.87. The zero-order valence-electron chi connectivity index (χ0n) is 19.7. The van der Waals surface area contributed by atoms with Crippen molar-refractivity contribution >= 4 is 28.3 Å². The van der Waals surface area contributed by atoms with Crippen molar-refractivity contribution in [3.63, 3.8) is 0 Å². The molecule has 0 radical (unpaired) electrons. The highest BCUT2D eigenvalue weighted by Crippen LogP contribution is 2.50. The summed E-state index contributed by atoms with van der Waals surface area (Å²) in [5.74, 6) is -3.64. The Morgan fingerprint density at radius 2 is 1.51 bits per heavy atom. The largest absolute Gasteiger partial charge is 0.534 e.